The highest BCUT2D eigenvalue weighted by atomic mass is 32.2. The Hall–Kier alpha value is -1.61. The molecule has 98 valence electrons. The maximum Gasteiger partial charge on any atom is 0.122 e. The van der Waals surface area contributed by atoms with Gasteiger partial charge in [0.05, 0.1) is 6.61 Å². The summed E-state index contributed by atoms with van der Waals surface area (Å²) in [7, 11) is 0. The van der Waals surface area contributed by atoms with Gasteiger partial charge in [0, 0.05) is 27.8 Å². The van der Waals surface area contributed by atoms with E-state index in [1.807, 2.05) is 36.9 Å². The maximum absolute atomic E-state index is 5.84. The Labute approximate surface area is 118 Å². The van der Waals surface area contributed by atoms with Gasteiger partial charge in [0.2, 0.25) is 0 Å². The zero-order valence-corrected chi connectivity index (χ0v) is 11.7. The molecular formula is C16H17NOS. The van der Waals surface area contributed by atoms with Crippen LogP contribution in [0, 0.1) is 6.92 Å². The van der Waals surface area contributed by atoms with Crippen LogP contribution in [0.25, 0.3) is 0 Å². The number of aryl methyl sites for hydroxylation is 1. The molecule has 2 aromatic rings. The molecular weight excluding hydrogens is 254 g/mol. The van der Waals surface area contributed by atoms with Gasteiger partial charge in [-0.25, -0.2) is 0 Å². The summed E-state index contributed by atoms with van der Waals surface area (Å²) in [5, 5.41) is 0. The Morgan fingerprint density at radius 3 is 2.95 bits per heavy atom. The summed E-state index contributed by atoms with van der Waals surface area (Å²) in [6, 6.07) is 14.6. The van der Waals surface area contributed by atoms with E-state index in [-0.39, 0.29) is 0 Å². The van der Waals surface area contributed by atoms with Crippen molar-refractivity contribution in [3.8, 4) is 5.75 Å². The minimum Gasteiger partial charge on any atom is -0.493 e. The van der Waals surface area contributed by atoms with Crippen LogP contribution in [0.4, 0.5) is 5.69 Å². The molecule has 0 aliphatic carbocycles. The first-order valence-corrected chi connectivity index (χ1v) is 7.43. The highest BCUT2D eigenvalue weighted by Crippen LogP contribution is 2.37. The van der Waals surface area contributed by atoms with Gasteiger partial charge in [0.1, 0.15) is 5.75 Å². The van der Waals surface area contributed by atoms with Crippen molar-refractivity contribution >= 4 is 17.4 Å². The van der Waals surface area contributed by atoms with Crippen molar-refractivity contribution in [2.75, 3.05) is 18.1 Å². The fraction of sp³-hybridized carbons (Fsp3) is 0.250. The van der Waals surface area contributed by atoms with Crippen molar-refractivity contribution in [3.63, 3.8) is 0 Å². The van der Waals surface area contributed by atoms with Crippen LogP contribution in [0.3, 0.4) is 0 Å². The van der Waals surface area contributed by atoms with Gasteiger partial charge in [-0.05, 0) is 36.8 Å². The SMILES string of the molecule is Cc1cc(SCC2COc3ccccc32)ccc1N. The third kappa shape index (κ3) is 2.56. The summed E-state index contributed by atoms with van der Waals surface area (Å²) in [6.45, 7) is 2.84. The third-order valence-corrected chi connectivity index (χ3v) is 4.65. The molecule has 0 fully saturated rings. The van der Waals surface area contributed by atoms with Crippen molar-refractivity contribution in [2.45, 2.75) is 17.7 Å². The normalized spacial score (nSPS) is 17.0. The van der Waals surface area contributed by atoms with Crippen molar-refractivity contribution < 1.29 is 4.74 Å². The number of benzene rings is 2. The Morgan fingerprint density at radius 1 is 1.26 bits per heavy atom. The van der Waals surface area contributed by atoms with Gasteiger partial charge in [-0.15, -0.1) is 11.8 Å². The van der Waals surface area contributed by atoms with E-state index in [0.717, 1.165) is 29.4 Å². The molecule has 0 amide bonds. The van der Waals surface area contributed by atoms with E-state index in [1.165, 1.54) is 10.5 Å². The summed E-state index contributed by atoms with van der Waals surface area (Å²) in [6.07, 6.45) is 0. The second kappa shape index (κ2) is 5.17. The van der Waals surface area contributed by atoms with E-state index in [9.17, 15) is 0 Å². The number of rotatable bonds is 3. The minimum atomic E-state index is 0.485. The molecule has 2 aromatic carbocycles. The van der Waals surface area contributed by atoms with Crippen LogP contribution in [-0.4, -0.2) is 12.4 Å². The molecule has 0 spiro atoms. The fourth-order valence-electron chi connectivity index (χ4n) is 2.30. The second-order valence-electron chi connectivity index (χ2n) is 4.88. The molecule has 2 N–H and O–H groups in total. The van der Waals surface area contributed by atoms with E-state index in [2.05, 4.69) is 24.3 Å². The summed E-state index contributed by atoms with van der Waals surface area (Å²) >= 11 is 1.87. The molecule has 3 heteroatoms. The Morgan fingerprint density at radius 2 is 2.11 bits per heavy atom. The van der Waals surface area contributed by atoms with Gasteiger partial charge >= 0.3 is 0 Å². The predicted molar refractivity (Wildman–Crippen MR) is 81.0 cm³/mol. The smallest absolute Gasteiger partial charge is 0.122 e. The van der Waals surface area contributed by atoms with Crippen LogP contribution >= 0.6 is 11.8 Å². The first-order valence-electron chi connectivity index (χ1n) is 6.44. The number of nitrogens with two attached hydrogens (primary N) is 1. The average Bonchev–Trinajstić information content (AvgIpc) is 2.83. The number of fused-ring (bicyclic) bond motifs is 1. The highest BCUT2D eigenvalue weighted by Gasteiger charge is 2.23. The number of anilines is 1. The molecule has 1 aliphatic rings. The summed E-state index contributed by atoms with van der Waals surface area (Å²) in [4.78, 5) is 1.27. The van der Waals surface area contributed by atoms with Gasteiger partial charge < -0.3 is 10.5 Å². The van der Waals surface area contributed by atoms with Gasteiger partial charge in [-0.1, -0.05) is 18.2 Å². The first kappa shape index (κ1) is 12.4. The standard InChI is InChI=1S/C16H17NOS/c1-11-8-13(6-7-15(11)17)19-10-12-9-18-16-5-3-2-4-14(12)16/h2-8,12H,9-10,17H2,1H3. The van der Waals surface area contributed by atoms with Crippen molar-refractivity contribution in [1.82, 2.24) is 0 Å². The molecule has 19 heavy (non-hydrogen) atoms. The number of hydrogen-bond acceptors (Lipinski definition) is 3. The molecule has 2 nitrogen and oxygen atoms in total. The molecule has 0 saturated heterocycles. The van der Waals surface area contributed by atoms with Gasteiger partial charge in [0.25, 0.3) is 0 Å². The van der Waals surface area contributed by atoms with Gasteiger partial charge in [0.15, 0.2) is 0 Å². The molecule has 0 saturated carbocycles. The Bertz CT molecular complexity index is 597. The van der Waals surface area contributed by atoms with Crippen LogP contribution in [0.15, 0.2) is 47.4 Å². The lowest BCUT2D eigenvalue weighted by molar-refractivity contribution is 0.339. The topological polar surface area (TPSA) is 35.2 Å². The molecule has 1 heterocycles. The van der Waals surface area contributed by atoms with Crippen LogP contribution in [-0.2, 0) is 0 Å². The van der Waals surface area contributed by atoms with Crippen LogP contribution < -0.4 is 10.5 Å². The molecule has 0 bridgehead atoms. The maximum atomic E-state index is 5.84. The molecule has 1 aliphatic heterocycles. The van der Waals surface area contributed by atoms with E-state index >= 15 is 0 Å². The summed E-state index contributed by atoms with van der Waals surface area (Å²) in [5.74, 6) is 2.57. The quantitative estimate of drug-likeness (QED) is 0.680. The average molecular weight is 271 g/mol. The number of hydrogen-bond donors (Lipinski definition) is 1. The van der Waals surface area contributed by atoms with Crippen molar-refractivity contribution in [3.05, 3.63) is 53.6 Å². The zero-order chi connectivity index (χ0) is 13.2. The third-order valence-electron chi connectivity index (χ3n) is 3.49. The molecule has 1 unspecified atom stereocenters. The summed E-state index contributed by atoms with van der Waals surface area (Å²) in [5.41, 5.74) is 9.18. The number of ether oxygens (including phenoxy) is 1. The van der Waals surface area contributed by atoms with Gasteiger partial charge in [-0.3, -0.25) is 0 Å². The Kier molecular flexibility index (Phi) is 3.38. The zero-order valence-electron chi connectivity index (χ0n) is 10.9. The fourth-order valence-corrected chi connectivity index (χ4v) is 3.40. The molecule has 0 radical (unpaired) electrons. The minimum absolute atomic E-state index is 0.485. The van der Waals surface area contributed by atoms with E-state index in [1.54, 1.807) is 0 Å². The lowest BCUT2D eigenvalue weighted by Gasteiger charge is -2.09. The summed E-state index contributed by atoms with van der Waals surface area (Å²) < 4.78 is 5.71. The first-order chi connectivity index (χ1) is 9.24. The molecule has 0 aromatic heterocycles. The second-order valence-corrected chi connectivity index (χ2v) is 5.97. The van der Waals surface area contributed by atoms with Crippen molar-refractivity contribution in [2.24, 2.45) is 0 Å². The van der Waals surface area contributed by atoms with E-state index in [4.69, 9.17) is 10.5 Å². The Balaban J connectivity index is 1.69. The van der Waals surface area contributed by atoms with Crippen LogP contribution in [0.1, 0.15) is 17.0 Å². The lowest BCUT2D eigenvalue weighted by Crippen LogP contribution is -2.03. The molecule has 1 atom stereocenters. The van der Waals surface area contributed by atoms with Gasteiger partial charge in [-0.2, -0.15) is 0 Å². The predicted octanol–water partition coefficient (Wildman–Crippen LogP) is 3.85. The highest BCUT2D eigenvalue weighted by molar-refractivity contribution is 7.99. The number of nitrogen functional groups attached to an aromatic ring is 1. The lowest BCUT2D eigenvalue weighted by atomic mass is 10.0. The van der Waals surface area contributed by atoms with Crippen LogP contribution in [0.5, 0.6) is 5.75 Å². The number of thioether (sulfide) groups is 1. The van der Waals surface area contributed by atoms with E-state index < -0.39 is 0 Å². The van der Waals surface area contributed by atoms with Crippen LogP contribution in [0.2, 0.25) is 0 Å². The van der Waals surface area contributed by atoms with Crippen molar-refractivity contribution in [1.29, 1.82) is 0 Å². The molecule has 3 rings (SSSR count). The largest absolute Gasteiger partial charge is 0.493 e. The monoisotopic (exact) mass is 271 g/mol. The number of para-hydroxylation sites is 1. The van der Waals surface area contributed by atoms with E-state index in [0.29, 0.717) is 5.92 Å².